The van der Waals surface area contributed by atoms with E-state index in [4.69, 9.17) is 0 Å². The first-order chi connectivity index (χ1) is 8.85. The number of aryl methyl sites for hydroxylation is 1. The Morgan fingerprint density at radius 2 is 2.05 bits per heavy atom. The number of benzene rings is 1. The van der Waals surface area contributed by atoms with Crippen LogP contribution in [0.15, 0.2) is 30.5 Å². The number of nitrogens with zero attached hydrogens (tertiary/aromatic N) is 2. The van der Waals surface area contributed by atoms with Crippen LogP contribution < -0.4 is 5.32 Å². The Morgan fingerprint density at radius 3 is 2.68 bits per heavy atom. The van der Waals surface area contributed by atoms with E-state index in [0.717, 1.165) is 16.8 Å². The molecule has 0 amide bonds. The van der Waals surface area contributed by atoms with Crippen LogP contribution in [-0.2, 0) is 13.6 Å². The average molecular weight is 261 g/mol. The fraction of sp³-hybridized carbons (Fsp3) is 0.400. The molecule has 0 aliphatic carbocycles. The van der Waals surface area contributed by atoms with Gasteiger partial charge in [0, 0.05) is 36.5 Å². The topological polar surface area (TPSA) is 29.9 Å². The lowest BCUT2D eigenvalue weighted by molar-refractivity contribution is 0.424. The summed E-state index contributed by atoms with van der Waals surface area (Å²) in [7, 11) is 1.88. The maximum absolute atomic E-state index is 13.3. The minimum absolute atomic E-state index is 0.0368. The SMILES string of the molecule is Cn1cc(CNC(C)(C)C)c(-c2cccc(F)c2)n1. The highest BCUT2D eigenvalue weighted by atomic mass is 19.1. The molecule has 0 fully saturated rings. The van der Waals surface area contributed by atoms with Gasteiger partial charge in [0.05, 0.1) is 5.69 Å². The van der Waals surface area contributed by atoms with Crippen LogP contribution in [0.5, 0.6) is 0 Å². The lowest BCUT2D eigenvalue weighted by Gasteiger charge is -2.20. The van der Waals surface area contributed by atoms with Gasteiger partial charge in [0.2, 0.25) is 0 Å². The summed E-state index contributed by atoms with van der Waals surface area (Å²) in [4.78, 5) is 0. The van der Waals surface area contributed by atoms with Crippen molar-refractivity contribution in [3.63, 3.8) is 0 Å². The monoisotopic (exact) mass is 261 g/mol. The second-order valence-electron chi connectivity index (χ2n) is 5.79. The normalized spacial score (nSPS) is 11.8. The van der Waals surface area contributed by atoms with E-state index in [0.29, 0.717) is 6.54 Å². The van der Waals surface area contributed by atoms with Crippen LogP contribution >= 0.6 is 0 Å². The Labute approximate surface area is 113 Å². The lowest BCUT2D eigenvalue weighted by atomic mass is 10.1. The summed E-state index contributed by atoms with van der Waals surface area (Å²) in [6.45, 7) is 7.06. The minimum atomic E-state index is -0.238. The minimum Gasteiger partial charge on any atom is -0.308 e. The number of aromatic nitrogens is 2. The molecule has 1 aromatic carbocycles. The summed E-state index contributed by atoms with van der Waals surface area (Å²) in [5.74, 6) is -0.238. The smallest absolute Gasteiger partial charge is 0.123 e. The number of halogens is 1. The molecule has 0 aliphatic heterocycles. The summed E-state index contributed by atoms with van der Waals surface area (Å²) in [5.41, 5.74) is 2.75. The van der Waals surface area contributed by atoms with Crippen molar-refractivity contribution in [2.75, 3.05) is 0 Å². The van der Waals surface area contributed by atoms with E-state index in [1.807, 2.05) is 19.3 Å². The molecule has 3 nitrogen and oxygen atoms in total. The molecule has 0 atom stereocenters. The fourth-order valence-electron chi connectivity index (χ4n) is 1.91. The zero-order valence-corrected chi connectivity index (χ0v) is 11.9. The van der Waals surface area contributed by atoms with E-state index in [2.05, 4.69) is 31.2 Å². The van der Waals surface area contributed by atoms with E-state index in [1.165, 1.54) is 12.1 Å². The maximum atomic E-state index is 13.3. The van der Waals surface area contributed by atoms with Crippen LogP contribution in [0.4, 0.5) is 4.39 Å². The zero-order valence-electron chi connectivity index (χ0n) is 11.9. The van der Waals surface area contributed by atoms with Crippen molar-refractivity contribution in [3.05, 3.63) is 41.8 Å². The van der Waals surface area contributed by atoms with Gasteiger partial charge in [-0.2, -0.15) is 5.10 Å². The molecule has 19 heavy (non-hydrogen) atoms. The van der Waals surface area contributed by atoms with Gasteiger partial charge in [-0.15, -0.1) is 0 Å². The molecule has 1 heterocycles. The highest BCUT2D eigenvalue weighted by Gasteiger charge is 2.14. The van der Waals surface area contributed by atoms with Crippen LogP contribution in [0, 0.1) is 5.82 Å². The highest BCUT2D eigenvalue weighted by Crippen LogP contribution is 2.23. The van der Waals surface area contributed by atoms with Gasteiger partial charge in [-0.25, -0.2) is 4.39 Å². The first-order valence-electron chi connectivity index (χ1n) is 6.39. The van der Waals surface area contributed by atoms with Crippen molar-refractivity contribution < 1.29 is 4.39 Å². The first kappa shape index (κ1) is 13.7. The number of nitrogens with one attached hydrogen (secondary N) is 1. The van der Waals surface area contributed by atoms with Gasteiger partial charge >= 0.3 is 0 Å². The largest absolute Gasteiger partial charge is 0.308 e. The van der Waals surface area contributed by atoms with Gasteiger partial charge in [0.15, 0.2) is 0 Å². The molecule has 0 bridgehead atoms. The van der Waals surface area contributed by atoms with Crippen molar-refractivity contribution in [3.8, 4) is 11.3 Å². The van der Waals surface area contributed by atoms with E-state index in [1.54, 1.807) is 10.7 Å². The third-order valence-corrected chi connectivity index (χ3v) is 2.81. The third-order valence-electron chi connectivity index (χ3n) is 2.81. The van der Waals surface area contributed by atoms with Gasteiger partial charge in [0.25, 0.3) is 0 Å². The van der Waals surface area contributed by atoms with Crippen molar-refractivity contribution >= 4 is 0 Å². The van der Waals surface area contributed by atoms with Gasteiger partial charge in [-0.05, 0) is 32.9 Å². The summed E-state index contributed by atoms with van der Waals surface area (Å²) in [6, 6.07) is 6.55. The van der Waals surface area contributed by atoms with Gasteiger partial charge in [0.1, 0.15) is 5.82 Å². The molecular formula is C15H20FN3. The highest BCUT2D eigenvalue weighted by molar-refractivity contribution is 5.62. The van der Waals surface area contributed by atoms with Gasteiger partial charge in [-0.1, -0.05) is 12.1 Å². The Bertz CT molecular complexity index is 567. The quantitative estimate of drug-likeness (QED) is 0.920. The van der Waals surface area contributed by atoms with Crippen LogP contribution in [0.1, 0.15) is 26.3 Å². The Hall–Kier alpha value is -1.68. The van der Waals surface area contributed by atoms with Gasteiger partial charge in [-0.3, -0.25) is 4.68 Å². The van der Waals surface area contributed by atoms with Crippen LogP contribution in [0.3, 0.4) is 0 Å². The molecule has 1 aromatic heterocycles. The number of hydrogen-bond acceptors (Lipinski definition) is 2. The van der Waals surface area contributed by atoms with Crippen LogP contribution in [0.25, 0.3) is 11.3 Å². The molecule has 0 radical (unpaired) electrons. The Kier molecular flexibility index (Phi) is 3.71. The Balaban J connectivity index is 2.31. The molecule has 0 saturated heterocycles. The molecule has 1 N–H and O–H groups in total. The number of rotatable bonds is 3. The molecular weight excluding hydrogens is 241 g/mol. The maximum Gasteiger partial charge on any atom is 0.123 e. The fourth-order valence-corrected chi connectivity index (χ4v) is 1.91. The predicted molar refractivity (Wildman–Crippen MR) is 75.2 cm³/mol. The molecule has 0 spiro atoms. The zero-order chi connectivity index (χ0) is 14.0. The molecule has 0 aliphatic rings. The van der Waals surface area contributed by atoms with E-state index in [-0.39, 0.29) is 11.4 Å². The summed E-state index contributed by atoms with van der Waals surface area (Å²) in [5, 5.41) is 7.86. The van der Waals surface area contributed by atoms with E-state index >= 15 is 0 Å². The second kappa shape index (κ2) is 5.13. The molecule has 102 valence electrons. The van der Waals surface area contributed by atoms with E-state index in [9.17, 15) is 4.39 Å². The number of hydrogen-bond donors (Lipinski definition) is 1. The molecule has 0 unspecified atom stereocenters. The lowest BCUT2D eigenvalue weighted by Crippen LogP contribution is -2.35. The van der Waals surface area contributed by atoms with Crippen molar-refractivity contribution in [1.29, 1.82) is 0 Å². The predicted octanol–water partition coefficient (Wildman–Crippen LogP) is 3.11. The molecule has 2 aromatic rings. The summed E-state index contributed by atoms with van der Waals surface area (Å²) in [6.07, 6.45) is 1.97. The molecule has 2 rings (SSSR count). The Morgan fingerprint density at radius 1 is 1.32 bits per heavy atom. The van der Waals surface area contributed by atoms with Crippen molar-refractivity contribution in [1.82, 2.24) is 15.1 Å². The van der Waals surface area contributed by atoms with Crippen LogP contribution in [-0.4, -0.2) is 15.3 Å². The van der Waals surface area contributed by atoms with Crippen molar-refractivity contribution in [2.24, 2.45) is 7.05 Å². The van der Waals surface area contributed by atoms with Crippen LogP contribution in [0.2, 0.25) is 0 Å². The standard InChI is InChI=1S/C15H20FN3/c1-15(2,3)17-9-12-10-19(4)18-14(12)11-6-5-7-13(16)8-11/h5-8,10,17H,9H2,1-4H3. The average Bonchev–Trinajstić information content (AvgIpc) is 2.67. The second-order valence-corrected chi connectivity index (χ2v) is 5.79. The summed E-state index contributed by atoms with van der Waals surface area (Å²) < 4.78 is 15.1. The third kappa shape index (κ3) is 3.64. The van der Waals surface area contributed by atoms with E-state index < -0.39 is 0 Å². The molecule has 4 heteroatoms. The summed E-state index contributed by atoms with van der Waals surface area (Å²) >= 11 is 0. The first-order valence-corrected chi connectivity index (χ1v) is 6.39. The van der Waals surface area contributed by atoms with Gasteiger partial charge < -0.3 is 5.32 Å². The van der Waals surface area contributed by atoms with Crippen molar-refractivity contribution in [2.45, 2.75) is 32.9 Å². The molecule has 0 saturated carbocycles.